The Hall–Kier alpha value is -1.94. The van der Waals surface area contributed by atoms with Gasteiger partial charge >= 0.3 is 5.97 Å². The van der Waals surface area contributed by atoms with Crippen molar-refractivity contribution >= 4 is 16.8 Å². The second-order valence-corrected chi connectivity index (χ2v) is 5.70. The predicted molar refractivity (Wildman–Crippen MR) is 74.7 cm³/mol. The van der Waals surface area contributed by atoms with E-state index in [-0.39, 0.29) is 5.56 Å². The maximum atomic E-state index is 12.3. The lowest BCUT2D eigenvalue weighted by Crippen LogP contribution is -2.01. The Kier molecular flexibility index (Phi) is 4.12. The summed E-state index contributed by atoms with van der Waals surface area (Å²) in [6.45, 7) is 1.97. The van der Waals surface area contributed by atoms with Crippen molar-refractivity contribution in [2.45, 2.75) is 17.6 Å². The van der Waals surface area contributed by atoms with Crippen molar-refractivity contribution in [2.24, 2.45) is 0 Å². The lowest BCUT2D eigenvalue weighted by Gasteiger charge is -2.06. The second kappa shape index (κ2) is 5.80. The molecule has 0 radical (unpaired) electrons. The molecular formula is C15H14O3S. The van der Waals surface area contributed by atoms with Crippen molar-refractivity contribution in [3.63, 3.8) is 0 Å². The largest absolute Gasteiger partial charge is 0.478 e. The minimum atomic E-state index is -1.23. The Bertz CT molecular complexity index is 635. The Balaban J connectivity index is 2.23. The second-order valence-electron chi connectivity index (χ2n) is 4.25. The standard InChI is InChI=1S/C15H14O3S/c1-11-5-2-3-6-13(11)10-19(18)14-8-4-7-12(9-14)15(16)17/h2-9H,10H2,1H3,(H,16,17). The van der Waals surface area contributed by atoms with Crippen LogP contribution in [0.1, 0.15) is 21.5 Å². The number of hydrogen-bond donors (Lipinski definition) is 1. The van der Waals surface area contributed by atoms with Crippen molar-refractivity contribution in [1.29, 1.82) is 0 Å². The van der Waals surface area contributed by atoms with Crippen LogP contribution in [0.15, 0.2) is 53.4 Å². The fourth-order valence-electron chi connectivity index (χ4n) is 1.77. The van der Waals surface area contributed by atoms with Gasteiger partial charge in [0.2, 0.25) is 0 Å². The van der Waals surface area contributed by atoms with Gasteiger partial charge in [-0.2, -0.15) is 0 Å². The molecule has 0 aliphatic rings. The van der Waals surface area contributed by atoms with E-state index >= 15 is 0 Å². The van der Waals surface area contributed by atoms with Crippen LogP contribution in [-0.2, 0) is 16.6 Å². The third kappa shape index (κ3) is 3.29. The summed E-state index contributed by atoms with van der Waals surface area (Å²) in [4.78, 5) is 11.4. The molecule has 2 aromatic rings. The fraction of sp³-hybridized carbons (Fsp3) is 0.133. The van der Waals surface area contributed by atoms with Gasteiger partial charge in [-0.3, -0.25) is 4.21 Å². The summed E-state index contributed by atoms with van der Waals surface area (Å²) in [5.41, 5.74) is 2.27. The first kappa shape index (κ1) is 13.5. The molecule has 1 atom stereocenters. The minimum Gasteiger partial charge on any atom is -0.478 e. The number of benzene rings is 2. The smallest absolute Gasteiger partial charge is 0.335 e. The summed E-state index contributed by atoms with van der Waals surface area (Å²) in [7, 11) is -1.23. The molecule has 0 amide bonds. The van der Waals surface area contributed by atoms with E-state index < -0.39 is 16.8 Å². The lowest BCUT2D eigenvalue weighted by atomic mass is 10.1. The van der Waals surface area contributed by atoms with E-state index in [0.29, 0.717) is 10.6 Å². The number of carboxylic acids is 1. The van der Waals surface area contributed by atoms with Gasteiger partial charge in [-0.15, -0.1) is 0 Å². The Labute approximate surface area is 114 Å². The Morgan fingerprint density at radius 3 is 2.58 bits per heavy atom. The average Bonchev–Trinajstić information content (AvgIpc) is 2.41. The van der Waals surface area contributed by atoms with Crippen LogP contribution in [-0.4, -0.2) is 15.3 Å². The maximum absolute atomic E-state index is 12.3. The zero-order chi connectivity index (χ0) is 13.8. The minimum absolute atomic E-state index is 0.163. The zero-order valence-corrected chi connectivity index (χ0v) is 11.3. The third-order valence-corrected chi connectivity index (χ3v) is 4.24. The Morgan fingerprint density at radius 1 is 1.16 bits per heavy atom. The molecule has 0 fully saturated rings. The molecule has 0 spiro atoms. The average molecular weight is 274 g/mol. The van der Waals surface area contributed by atoms with Crippen molar-refractivity contribution < 1.29 is 14.1 Å². The number of aromatic carboxylic acids is 1. The fourth-order valence-corrected chi connectivity index (χ4v) is 3.03. The van der Waals surface area contributed by atoms with E-state index in [9.17, 15) is 9.00 Å². The molecule has 0 bridgehead atoms. The highest BCUT2D eigenvalue weighted by atomic mass is 32.2. The molecule has 98 valence electrons. The quantitative estimate of drug-likeness (QED) is 0.932. The van der Waals surface area contributed by atoms with Gasteiger partial charge in [-0.25, -0.2) is 4.79 Å². The third-order valence-electron chi connectivity index (χ3n) is 2.89. The molecule has 4 heteroatoms. The van der Waals surface area contributed by atoms with Crippen LogP contribution in [0.2, 0.25) is 0 Å². The first-order valence-corrected chi connectivity index (χ1v) is 7.16. The van der Waals surface area contributed by atoms with Crippen molar-refractivity contribution in [2.75, 3.05) is 0 Å². The van der Waals surface area contributed by atoms with Crippen LogP contribution in [0.5, 0.6) is 0 Å². The summed E-state index contributed by atoms with van der Waals surface area (Å²) in [5, 5.41) is 8.93. The molecule has 0 aliphatic heterocycles. The highest BCUT2D eigenvalue weighted by Crippen LogP contribution is 2.16. The highest BCUT2D eigenvalue weighted by Gasteiger charge is 2.10. The zero-order valence-electron chi connectivity index (χ0n) is 10.5. The molecule has 0 saturated heterocycles. The predicted octanol–water partition coefficient (Wildman–Crippen LogP) is 3.00. The number of rotatable bonds is 4. The highest BCUT2D eigenvalue weighted by molar-refractivity contribution is 7.84. The van der Waals surface area contributed by atoms with Gasteiger partial charge in [0, 0.05) is 4.90 Å². The first-order valence-electron chi connectivity index (χ1n) is 5.84. The molecule has 0 aromatic heterocycles. The van der Waals surface area contributed by atoms with Crippen molar-refractivity contribution in [1.82, 2.24) is 0 Å². The number of carboxylic acid groups (broad SMARTS) is 1. The number of aryl methyl sites for hydroxylation is 1. The molecule has 2 aromatic carbocycles. The van der Waals surface area contributed by atoms with Gasteiger partial charge in [0.1, 0.15) is 0 Å². The molecule has 1 unspecified atom stereocenters. The molecule has 1 N–H and O–H groups in total. The van der Waals surface area contributed by atoms with Crippen molar-refractivity contribution in [3.05, 3.63) is 65.2 Å². The van der Waals surface area contributed by atoms with Crippen LogP contribution in [0.25, 0.3) is 0 Å². The summed E-state index contributed by atoms with van der Waals surface area (Å²) in [6.07, 6.45) is 0. The number of hydrogen-bond acceptors (Lipinski definition) is 2. The van der Waals surface area contributed by atoms with Crippen LogP contribution >= 0.6 is 0 Å². The van der Waals surface area contributed by atoms with E-state index in [0.717, 1.165) is 11.1 Å². The molecule has 0 aliphatic carbocycles. The maximum Gasteiger partial charge on any atom is 0.335 e. The van der Waals surface area contributed by atoms with Crippen LogP contribution < -0.4 is 0 Å². The molecule has 0 heterocycles. The molecular weight excluding hydrogens is 260 g/mol. The summed E-state index contributed by atoms with van der Waals surface area (Å²) >= 11 is 0. The summed E-state index contributed by atoms with van der Waals surface area (Å²) in [6, 6.07) is 14.0. The van der Waals surface area contributed by atoms with E-state index in [4.69, 9.17) is 5.11 Å². The van der Waals surface area contributed by atoms with E-state index in [1.165, 1.54) is 12.1 Å². The summed E-state index contributed by atoms with van der Waals surface area (Å²) < 4.78 is 12.3. The van der Waals surface area contributed by atoms with Crippen molar-refractivity contribution in [3.8, 4) is 0 Å². The van der Waals surface area contributed by atoms with E-state index in [2.05, 4.69) is 0 Å². The lowest BCUT2D eigenvalue weighted by molar-refractivity contribution is 0.0696. The van der Waals surface area contributed by atoms with E-state index in [1.54, 1.807) is 12.1 Å². The van der Waals surface area contributed by atoms with E-state index in [1.807, 2.05) is 31.2 Å². The van der Waals surface area contributed by atoms with Crippen LogP contribution in [0, 0.1) is 6.92 Å². The SMILES string of the molecule is Cc1ccccc1CS(=O)c1cccc(C(=O)O)c1. The molecule has 19 heavy (non-hydrogen) atoms. The molecule has 0 saturated carbocycles. The molecule has 2 rings (SSSR count). The van der Waals surface area contributed by atoms with Gasteiger partial charge in [0.05, 0.1) is 22.1 Å². The van der Waals surface area contributed by atoms with Crippen LogP contribution in [0.4, 0.5) is 0 Å². The monoisotopic (exact) mass is 274 g/mol. The van der Waals surface area contributed by atoms with Gasteiger partial charge in [0.15, 0.2) is 0 Å². The topological polar surface area (TPSA) is 54.4 Å². The first-order chi connectivity index (χ1) is 9.08. The molecule has 3 nitrogen and oxygen atoms in total. The van der Waals surface area contributed by atoms with Gasteiger partial charge in [0.25, 0.3) is 0 Å². The van der Waals surface area contributed by atoms with Gasteiger partial charge in [-0.1, -0.05) is 30.3 Å². The summed E-state index contributed by atoms with van der Waals surface area (Å²) in [5.74, 6) is -0.606. The van der Waals surface area contributed by atoms with Gasteiger partial charge in [-0.05, 0) is 36.2 Å². The Morgan fingerprint density at radius 2 is 1.89 bits per heavy atom. The normalized spacial score (nSPS) is 12.1. The van der Waals surface area contributed by atoms with Gasteiger partial charge < -0.3 is 5.11 Å². The van der Waals surface area contributed by atoms with Crippen LogP contribution in [0.3, 0.4) is 0 Å². The number of carbonyl (C=O) groups is 1.